The molecule has 0 unspecified atom stereocenters. The quantitative estimate of drug-likeness (QED) is 0.456. The van der Waals surface area contributed by atoms with Gasteiger partial charge < -0.3 is 0 Å². The van der Waals surface area contributed by atoms with Gasteiger partial charge in [0.1, 0.15) is 0 Å². The first kappa shape index (κ1) is 10.5. The molecule has 0 bridgehead atoms. The zero-order valence-electron chi connectivity index (χ0n) is 8.00. The van der Waals surface area contributed by atoms with Gasteiger partial charge in [-0.3, -0.25) is 15.1 Å². The third-order valence-corrected chi connectivity index (χ3v) is 2.28. The van der Waals surface area contributed by atoms with Crippen LogP contribution in [-0.4, -0.2) is 14.9 Å². The van der Waals surface area contributed by atoms with Crippen LogP contribution < -0.4 is 0 Å². The van der Waals surface area contributed by atoms with Crippen molar-refractivity contribution in [2.75, 3.05) is 0 Å². The van der Waals surface area contributed by atoms with Crippen molar-refractivity contribution in [3.63, 3.8) is 0 Å². The molecular weight excluding hydrogens is 230 g/mol. The van der Waals surface area contributed by atoms with E-state index < -0.39 is 4.92 Å². The monoisotopic (exact) mass is 235 g/mol. The van der Waals surface area contributed by atoms with E-state index in [-0.39, 0.29) is 10.8 Å². The minimum absolute atomic E-state index is 0.131. The molecule has 0 radical (unpaired) electrons. The largest absolute Gasteiger partial charge is 0.315 e. The number of hydrogen-bond acceptors (Lipinski definition) is 4. The lowest BCUT2D eigenvalue weighted by molar-refractivity contribution is -0.384. The van der Waals surface area contributed by atoms with Crippen molar-refractivity contribution >= 4 is 17.3 Å². The number of pyridine rings is 2. The highest BCUT2D eigenvalue weighted by Crippen LogP contribution is 2.32. The minimum Gasteiger partial charge on any atom is -0.258 e. The van der Waals surface area contributed by atoms with Crippen LogP contribution in [0.1, 0.15) is 0 Å². The molecule has 0 fully saturated rings. The van der Waals surface area contributed by atoms with Gasteiger partial charge in [0.05, 0.1) is 16.2 Å². The van der Waals surface area contributed by atoms with Crippen molar-refractivity contribution in [3.05, 3.63) is 51.9 Å². The summed E-state index contributed by atoms with van der Waals surface area (Å²) >= 11 is 5.69. The van der Waals surface area contributed by atoms with Crippen molar-refractivity contribution in [1.29, 1.82) is 0 Å². The first-order valence-corrected chi connectivity index (χ1v) is 4.78. The molecule has 2 aromatic heterocycles. The molecule has 5 nitrogen and oxygen atoms in total. The van der Waals surface area contributed by atoms with Crippen LogP contribution in [0.4, 0.5) is 5.69 Å². The summed E-state index contributed by atoms with van der Waals surface area (Å²) in [5.74, 6) is 0. The molecule has 0 aliphatic rings. The Morgan fingerprint density at radius 2 is 2.00 bits per heavy atom. The van der Waals surface area contributed by atoms with Crippen LogP contribution in [0.2, 0.25) is 5.15 Å². The molecule has 0 saturated heterocycles. The van der Waals surface area contributed by atoms with Gasteiger partial charge in [-0.2, -0.15) is 0 Å². The van der Waals surface area contributed by atoms with Crippen LogP contribution in [0.25, 0.3) is 11.3 Å². The molecule has 0 aromatic carbocycles. The summed E-state index contributed by atoms with van der Waals surface area (Å²) in [5.41, 5.74) is 0.645. The van der Waals surface area contributed by atoms with Gasteiger partial charge in [-0.05, 0) is 18.2 Å². The van der Waals surface area contributed by atoms with E-state index in [0.717, 1.165) is 0 Å². The standard InChI is InChI=1S/C10H6ClN3O2/c11-10-9(14(15)16)7(4-6-13-10)8-3-1-2-5-12-8/h1-6H. The molecule has 0 atom stereocenters. The molecule has 2 heterocycles. The molecule has 0 spiro atoms. The van der Waals surface area contributed by atoms with E-state index >= 15 is 0 Å². The lowest BCUT2D eigenvalue weighted by Gasteiger charge is -2.02. The van der Waals surface area contributed by atoms with Gasteiger partial charge in [-0.25, -0.2) is 4.98 Å². The Morgan fingerprint density at radius 3 is 2.62 bits per heavy atom. The van der Waals surface area contributed by atoms with E-state index in [1.807, 2.05) is 0 Å². The van der Waals surface area contributed by atoms with Crippen molar-refractivity contribution in [2.45, 2.75) is 0 Å². The van der Waals surface area contributed by atoms with Crippen molar-refractivity contribution in [1.82, 2.24) is 9.97 Å². The highest BCUT2D eigenvalue weighted by atomic mass is 35.5. The van der Waals surface area contributed by atoms with E-state index in [1.54, 1.807) is 24.4 Å². The van der Waals surface area contributed by atoms with Gasteiger partial charge in [-0.15, -0.1) is 0 Å². The number of nitrogens with zero attached hydrogens (tertiary/aromatic N) is 3. The smallest absolute Gasteiger partial charge is 0.258 e. The van der Waals surface area contributed by atoms with E-state index in [2.05, 4.69) is 9.97 Å². The van der Waals surface area contributed by atoms with Crippen LogP contribution in [0, 0.1) is 10.1 Å². The second kappa shape index (κ2) is 4.24. The summed E-state index contributed by atoms with van der Waals surface area (Å²) in [6.45, 7) is 0. The van der Waals surface area contributed by atoms with E-state index in [1.165, 1.54) is 12.3 Å². The maximum atomic E-state index is 10.9. The number of halogens is 1. The fraction of sp³-hybridized carbons (Fsp3) is 0. The van der Waals surface area contributed by atoms with E-state index in [4.69, 9.17) is 11.6 Å². The molecule has 0 N–H and O–H groups in total. The molecule has 0 aliphatic carbocycles. The average Bonchev–Trinajstić information content (AvgIpc) is 2.29. The first-order valence-electron chi connectivity index (χ1n) is 4.40. The van der Waals surface area contributed by atoms with Gasteiger partial charge in [0, 0.05) is 12.4 Å². The van der Waals surface area contributed by atoms with Crippen molar-refractivity contribution < 1.29 is 4.92 Å². The summed E-state index contributed by atoms with van der Waals surface area (Å²) in [6, 6.07) is 6.68. The van der Waals surface area contributed by atoms with Gasteiger partial charge in [-0.1, -0.05) is 17.7 Å². The fourth-order valence-corrected chi connectivity index (χ4v) is 1.56. The van der Waals surface area contributed by atoms with Crippen LogP contribution in [0.5, 0.6) is 0 Å². The predicted molar refractivity (Wildman–Crippen MR) is 59.1 cm³/mol. The highest BCUT2D eigenvalue weighted by Gasteiger charge is 2.21. The predicted octanol–water partition coefficient (Wildman–Crippen LogP) is 2.71. The molecule has 0 aliphatic heterocycles. The highest BCUT2D eigenvalue weighted by molar-refractivity contribution is 6.32. The van der Waals surface area contributed by atoms with Gasteiger partial charge in [0.2, 0.25) is 5.15 Å². The maximum absolute atomic E-state index is 10.9. The van der Waals surface area contributed by atoms with Gasteiger partial charge in [0.15, 0.2) is 0 Å². The Labute approximate surface area is 95.9 Å². The number of aromatic nitrogens is 2. The topological polar surface area (TPSA) is 68.9 Å². The average molecular weight is 236 g/mol. The molecule has 0 amide bonds. The van der Waals surface area contributed by atoms with Crippen molar-refractivity contribution in [3.8, 4) is 11.3 Å². The summed E-state index contributed by atoms with van der Waals surface area (Å²) in [5, 5.41) is 10.7. The first-order chi connectivity index (χ1) is 7.70. The van der Waals surface area contributed by atoms with Gasteiger partial charge >= 0.3 is 5.69 Å². The zero-order chi connectivity index (χ0) is 11.5. The van der Waals surface area contributed by atoms with Gasteiger partial charge in [0.25, 0.3) is 0 Å². The molecule has 2 aromatic rings. The second-order valence-electron chi connectivity index (χ2n) is 2.97. The van der Waals surface area contributed by atoms with E-state index in [0.29, 0.717) is 11.3 Å². The summed E-state index contributed by atoms with van der Waals surface area (Å²) in [4.78, 5) is 18.0. The van der Waals surface area contributed by atoms with Crippen LogP contribution >= 0.6 is 11.6 Å². The molecule has 2 rings (SSSR count). The third kappa shape index (κ3) is 1.85. The Hall–Kier alpha value is -2.01. The molecule has 16 heavy (non-hydrogen) atoms. The van der Waals surface area contributed by atoms with Crippen LogP contribution in [0.15, 0.2) is 36.7 Å². The fourth-order valence-electron chi connectivity index (χ4n) is 1.33. The summed E-state index contributed by atoms with van der Waals surface area (Å²) in [7, 11) is 0. The van der Waals surface area contributed by atoms with Crippen LogP contribution in [0.3, 0.4) is 0 Å². The van der Waals surface area contributed by atoms with Crippen LogP contribution in [-0.2, 0) is 0 Å². The maximum Gasteiger partial charge on any atom is 0.315 e. The normalized spacial score (nSPS) is 10.1. The summed E-state index contributed by atoms with van der Waals surface area (Å²) in [6.07, 6.45) is 2.98. The Balaban J connectivity index is 2.66. The Kier molecular flexibility index (Phi) is 2.78. The number of hydrogen-bond donors (Lipinski definition) is 0. The van der Waals surface area contributed by atoms with E-state index in [9.17, 15) is 10.1 Å². The lowest BCUT2D eigenvalue weighted by Crippen LogP contribution is -1.95. The molecule has 6 heteroatoms. The minimum atomic E-state index is -0.556. The molecule has 0 saturated carbocycles. The number of rotatable bonds is 2. The Morgan fingerprint density at radius 1 is 1.19 bits per heavy atom. The van der Waals surface area contributed by atoms with Crippen molar-refractivity contribution in [2.24, 2.45) is 0 Å². The third-order valence-electron chi connectivity index (χ3n) is 2.00. The molecular formula is C10H6ClN3O2. The Bertz CT molecular complexity index is 531. The summed E-state index contributed by atoms with van der Waals surface area (Å²) < 4.78 is 0. The number of nitro groups is 1. The zero-order valence-corrected chi connectivity index (χ0v) is 8.76. The lowest BCUT2D eigenvalue weighted by atomic mass is 10.1. The SMILES string of the molecule is O=[N+]([O-])c1c(-c2ccccn2)ccnc1Cl. The second-order valence-corrected chi connectivity index (χ2v) is 3.33. The molecule has 80 valence electrons.